The summed E-state index contributed by atoms with van der Waals surface area (Å²) in [5.41, 5.74) is 9.00. The second-order valence-corrected chi connectivity index (χ2v) is 6.50. The standard InChI is InChI=1S/C19H22ClN3O.2ClH/c20-16-8-9-18(23-10-2-1-3-11-23)17(12-16)22-19(24)15-6-4-14(13-21)5-7-15;;/h4-9,12H,1-3,10-11,13,21H2,(H,22,24);2*1H. The van der Waals surface area contributed by atoms with Crippen LogP contribution in [-0.4, -0.2) is 19.0 Å². The lowest BCUT2D eigenvalue weighted by atomic mass is 10.1. The number of rotatable bonds is 4. The van der Waals surface area contributed by atoms with Crippen LogP contribution in [0.5, 0.6) is 0 Å². The van der Waals surface area contributed by atoms with Crippen LogP contribution >= 0.6 is 36.4 Å². The highest BCUT2D eigenvalue weighted by Crippen LogP contribution is 2.31. The molecule has 4 nitrogen and oxygen atoms in total. The van der Waals surface area contributed by atoms with Crippen LogP contribution in [0.15, 0.2) is 42.5 Å². The van der Waals surface area contributed by atoms with Crippen molar-refractivity contribution in [3.05, 3.63) is 58.6 Å². The van der Waals surface area contributed by atoms with Crippen molar-refractivity contribution in [1.29, 1.82) is 0 Å². The highest BCUT2D eigenvalue weighted by molar-refractivity contribution is 6.31. The molecule has 1 saturated heterocycles. The third-order valence-electron chi connectivity index (χ3n) is 4.36. The van der Waals surface area contributed by atoms with Crippen LogP contribution < -0.4 is 16.0 Å². The maximum Gasteiger partial charge on any atom is 0.255 e. The van der Waals surface area contributed by atoms with Gasteiger partial charge in [0.2, 0.25) is 0 Å². The number of amides is 1. The van der Waals surface area contributed by atoms with Crippen molar-refractivity contribution in [3.63, 3.8) is 0 Å². The highest BCUT2D eigenvalue weighted by Gasteiger charge is 2.17. The van der Waals surface area contributed by atoms with Crippen molar-refractivity contribution < 1.29 is 4.79 Å². The molecule has 1 heterocycles. The molecule has 1 aliphatic rings. The van der Waals surface area contributed by atoms with E-state index in [4.69, 9.17) is 17.3 Å². The van der Waals surface area contributed by atoms with Gasteiger partial charge in [0, 0.05) is 30.2 Å². The molecule has 3 N–H and O–H groups in total. The van der Waals surface area contributed by atoms with Crippen molar-refractivity contribution in [2.75, 3.05) is 23.3 Å². The van der Waals surface area contributed by atoms with Crippen molar-refractivity contribution in [1.82, 2.24) is 0 Å². The van der Waals surface area contributed by atoms with E-state index in [9.17, 15) is 4.79 Å². The van der Waals surface area contributed by atoms with Crippen LogP contribution in [0.2, 0.25) is 5.02 Å². The Kier molecular flexibility index (Phi) is 9.23. The van der Waals surface area contributed by atoms with E-state index in [1.165, 1.54) is 19.3 Å². The first-order chi connectivity index (χ1) is 11.7. The SMILES string of the molecule is Cl.Cl.NCc1ccc(C(=O)Nc2cc(Cl)ccc2N2CCCCC2)cc1. The largest absolute Gasteiger partial charge is 0.370 e. The van der Waals surface area contributed by atoms with Gasteiger partial charge in [0.1, 0.15) is 0 Å². The Balaban J connectivity index is 0.00000169. The van der Waals surface area contributed by atoms with Gasteiger partial charge in [-0.2, -0.15) is 0 Å². The lowest BCUT2D eigenvalue weighted by molar-refractivity contribution is 0.102. The number of nitrogens with two attached hydrogens (primary N) is 1. The van der Waals surface area contributed by atoms with Gasteiger partial charge in [0.05, 0.1) is 11.4 Å². The molecule has 142 valence electrons. The molecular weight excluding hydrogens is 393 g/mol. The predicted molar refractivity (Wildman–Crippen MR) is 114 cm³/mol. The zero-order chi connectivity index (χ0) is 16.9. The maximum absolute atomic E-state index is 12.6. The first-order valence-corrected chi connectivity index (χ1v) is 8.70. The molecule has 0 aliphatic carbocycles. The topological polar surface area (TPSA) is 58.4 Å². The monoisotopic (exact) mass is 415 g/mol. The number of nitrogens with zero attached hydrogens (tertiary/aromatic N) is 1. The van der Waals surface area contributed by atoms with Gasteiger partial charge >= 0.3 is 0 Å². The molecule has 1 aliphatic heterocycles. The van der Waals surface area contributed by atoms with E-state index in [1.54, 1.807) is 12.1 Å². The minimum absolute atomic E-state index is 0. The van der Waals surface area contributed by atoms with E-state index in [0.29, 0.717) is 17.1 Å². The van der Waals surface area contributed by atoms with Gasteiger partial charge in [0.25, 0.3) is 5.91 Å². The van der Waals surface area contributed by atoms with E-state index < -0.39 is 0 Å². The molecule has 1 amide bonds. The van der Waals surface area contributed by atoms with E-state index in [-0.39, 0.29) is 30.7 Å². The number of anilines is 2. The Morgan fingerprint density at radius 3 is 2.31 bits per heavy atom. The molecule has 0 spiro atoms. The zero-order valence-electron chi connectivity index (χ0n) is 14.4. The fourth-order valence-electron chi connectivity index (χ4n) is 3.01. The van der Waals surface area contributed by atoms with Gasteiger partial charge in [0.15, 0.2) is 0 Å². The molecule has 0 bridgehead atoms. The van der Waals surface area contributed by atoms with Gasteiger partial charge in [-0.15, -0.1) is 24.8 Å². The first-order valence-electron chi connectivity index (χ1n) is 8.32. The minimum atomic E-state index is -0.140. The number of piperidine rings is 1. The van der Waals surface area contributed by atoms with Crippen LogP contribution in [0.4, 0.5) is 11.4 Å². The molecule has 2 aromatic rings. The number of halogens is 3. The van der Waals surface area contributed by atoms with Gasteiger partial charge in [-0.25, -0.2) is 0 Å². The van der Waals surface area contributed by atoms with E-state index in [1.807, 2.05) is 30.3 Å². The lowest BCUT2D eigenvalue weighted by Gasteiger charge is -2.30. The number of nitrogens with one attached hydrogen (secondary N) is 1. The Labute approximate surface area is 171 Å². The lowest BCUT2D eigenvalue weighted by Crippen LogP contribution is -2.30. The molecule has 0 saturated carbocycles. The Morgan fingerprint density at radius 1 is 1.04 bits per heavy atom. The number of benzene rings is 2. The van der Waals surface area contributed by atoms with Crippen molar-refractivity contribution in [3.8, 4) is 0 Å². The molecule has 0 atom stereocenters. The average Bonchev–Trinajstić information content (AvgIpc) is 2.62. The fourth-order valence-corrected chi connectivity index (χ4v) is 3.18. The number of hydrogen-bond donors (Lipinski definition) is 2. The van der Waals surface area contributed by atoms with Crippen LogP contribution in [0.25, 0.3) is 0 Å². The van der Waals surface area contributed by atoms with Crippen molar-refractivity contribution >= 4 is 53.7 Å². The van der Waals surface area contributed by atoms with E-state index in [2.05, 4.69) is 10.2 Å². The molecule has 26 heavy (non-hydrogen) atoms. The van der Waals surface area contributed by atoms with Crippen LogP contribution in [0.3, 0.4) is 0 Å². The quantitative estimate of drug-likeness (QED) is 0.746. The van der Waals surface area contributed by atoms with Crippen LogP contribution in [-0.2, 0) is 6.54 Å². The van der Waals surface area contributed by atoms with Gasteiger partial charge in [-0.3, -0.25) is 4.79 Å². The highest BCUT2D eigenvalue weighted by atomic mass is 35.5. The average molecular weight is 417 g/mol. The zero-order valence-corrected chi connectivity index (χ0v) is 16.8. The summed E-state index contributed by atoms with van der Waals surface area (Å²) in [4.78, 5) is 14.9. The van der Waals surface area contributed by atoms with Crippen molar-refractivity contribution in [2.45, 2.75) is 25.8 Å². The molecule has 0 aromatic heterocycles. The second kappa shape index (κ2) is 10.6. The number of carbonyl (C=O) groups excluding carboxylic acids is 1. The third kappa shape index (κ3) is 5.52. The molecule has 0 unspecified atom stereocenters. The minimum Gasteiger partial charge on any atom is -0.370 e. The van der Waals surface area contributed by atoms with Crippen LogP contribution in [0, 0.1) is 0 Å². The molecular formula is C19H24Cl3N3O. The van der Waals surface area contributed by atoms with Gasteiger partial charge in [-0.05, 0) is 55.2 Å². The smallest absolute Gasteiger partial charge is 0.255 e. The summed E-state index contributed by atoms with van der Waals surface area (Å²) < 4.78 is 0. The Morgan fingerprint density at radius 2 is 1.69 bits per heavy atom. The molecule has 7 heteroatoms. The normalized spacial score (nSPS) is 13.4. The summed E-state index contributed by atoms with van der Waals surface area (Å²) in [6, 6.07) is 13.0. The number of hydrogen-bond acceptors (Lipinski definition) is 3. The molecule has 3 rings (SSSR count). The van der Waals surface area contributed by atoms with E-state index in [0.717, 1.165) is 30.0 Å². The Hall–Kier alpha value is -1.46. The summed E-state index contributed by atoms with van der Waals surface area (Å²) in [7, 11) is 0. The summed E-state index contributed by atoms with van der Waals surface area (Å²) >= 11 is 6.14. The summed E-state index contributed by atoms with van der Waals surface area (Å²) in [6.07, 6.45) is 3.62. The van der Waals surface area contributed by atoms with Gasteiger partial charge in [-0.1, -0.05) is 23.7 Å². The Bertz CT molecular complexity index is 716. The molecule has 1 fully saturated rings. The predicted octanol–water partition coefficient (Wildman–Crippen LogP) is 4.88. The molecule has 2 aromatic carbocycles. The number of carbonyl (C=O) groups is 1. The first kappa shape index (κ1) is 22.6. The summed E-state index contributed by atoms with van der Waals surface area (Å²) in [5.74, 6) is -0.140. The van der Waals surface area contributed by atoms with Crippen LogP contribution in [0.1, 0.15) is 35.2 Å². The second-order valence-electron chi connectivity index (χ2n) is 6.06. The molecule has 0 radical (unpaired) electrons. The van der Waals surface area contributed by atoms with Gasteiger partial charge < -0.3 is 16.0 Å². The third-order valence-corrected chi connectivity index (χ3v) is 4.59. The fraction of sp³-hybridized carbons (Fsp3) is 0.316. The summed E-state index contributed by atoms with van der Waals surface area (Å²) in [5, 5.41) is 3.62. The summed E-state index contributed by atoms with van der Waals surface area (Å²) in [6.45, 7) is 2.49. The van der Waals surface area contributed by atoms with E-state index >= 15 is 0 Å². The van der Waals surface area contributed by atoms with Crippen molar-refractivity contribution in [2.24, 2.45) is 5.73 Å². The maximum atomic E-state index is 12.6.